The van der Waals surface area contributed by atoms with Gasteiger partial charge in [-0.15, -0.1) is 0 Å². The van der Waals surface area contributed by atoms with Crippen molar-refractivity contribution < 1.29 is 4.79 Å². The van der Waals surface area contributed by atoms with E-state index < -0.39 is 0 Å². The zero-order chi connectivity index (χ0) is 12.5. The van der Waals surface area contributed by atoms with Gasteiger partial charge in [0.2, 0.25) is 0 Å². The second kappa shape index (κ2) is 4.73. The number of fused-ring (bicyclic) bond motifs is 3. The van der Waals surface area contributed by atoms with Crippen LogP contribution in [-0.2, 0) is 0 Å². The van der Waals surface area contributed by atoms with Crippen molar-refractivity contribution in [3.8, 4) is 0 Å². The van der Waals surface area contributed by atoms with E-state index in [9.17, 15) is 4.79 Å². The Balaban J connectivity index is 1.70. The zero-order valence-electron chi connectivity index (χ0n) is 10.9. The molecule has 2 bridgehead atoms. The molecule has 3 aliphatic heterocycles. The molecule has 3 heterocycles. The number of nitrogens with one attached hydrogen (secondary N) is 1. The Kier molecular flexibility index (Phi) is 3.08. The number of amides is 1. The third-order valence-corrected chi connectivity index (χ3v) is 4.36. The summed E-state index contributed by atoms with van der Waals surface area (Å²) in [6.07, 6.45) is 2.47. The number of benzene rings is 1. The van der Waals surface area contributed by atoms with E-state index in [-0.39, 0.29) is 5.91 Å². The maximum absolute atomic E-state index is 12.3. The Labute approximate surface area is 108 Å². The van der Waals surface area contributed by atoms with Gasteiger partial charge < -0.3 is 10.2 Å². The van der Waals surface area contributed by atoms with E-state index in [4.69, 9.17) is 0 Å². The third-order valence-electron chi connectivity index (χ3n) is 4.36. The van der Waals surface area contributed by atoms with Crippen LogP contribution in [0.25, 0.3) is 0 Å². The molecule has 0 aromatic heterocycles. The predicted molar refractivity (Wildman–Crippen MR) is 71.6 cm³/mol. The van der Waals surface area contributed by atoms with Crippen LogP contribution < -0.4 is 5.32 Å². The van der Waals surface area contributed by atoms with Gasteiger partial charge in [-0.1, -0.05) is 18.2 Å². The fourth-order valence-electron chi connectivity index (χ4n) is 3.20. The van der Waals surface area contributed by atoms with Crippen molar-refractivity contribution in [1.82, 2.24) is 10.2 Å². The van der Waals surface area contributed by atoms with Crippen molar-refractivity contribution in [3.05, 3.63) is 35.4 Å². The lowest BCUT2D eigenvalue weighted by molar-refractivity contribution is 0.0620. The number of aryl methyl sites for hydroxylation is 1. The zero-order valence-corrected chi connectivity index (χ0v) is 10.9. The highest BCUT2D eigenvalue weighted by atomic mass is 16.1. The van der Waals surface area contributed by atoms with Crippen molar-refractivity contribution >= 4 is 5.91 Å². The average molecular weight is 244 g/mol. The Morgan fingerprint density at radius 1 is 1.28 bits per heavy atom. The van der Waals surface area contributed by atoms with Crippen molar-refractivity contribution in [2.45, 2.75) is 25.8 Å². The normalized spacial score (nSPS) is 30.2. The molecule has 0 aliphatic carbocycles. The maximum Gasteiger partial charge on any atom is 0.251 e. The summed E-state index contributed by atoms with van der Waals surface area (Å²) in [5, 5.41) is 3.23. The molecule has 1 aromatic rings. The van der Waals surface area contributed by atoms with Crippen LogP contribution >= 0.6 is 0 Å². The number of hydrogen-bond acceptors (Lipinski definition) is 2. The fraction of sp³-hybridized carbons (Fsp3) is 0.533. The molecule has 1 atom stereocenters. The Hall–Kier alpha value is -1.35. The number of carbonyl (C=O) groups excluding carboxylic acids is 1. The van der Waals surface area contributed by atoms with Crippen LogP contribution in [0.4, 0.5) is 0 Å². The molecule has 4 rings (SSSR count). The number of rotatable bonds is 2. The molecule has 1 aromatic carbocycles. The van der Waals surface area contributed by atoms with Crippen LogP contribution in [0.2, 0.25) is 0 Å². The van der Waals surface area contributed by atoms with Gasteiger partial charge in [-0.2, -0.15) is 0 Å². The molecule has 0 radical (unpaired) electrons. The Morgan fingerprint density at radius 3 is 2.61 bits per heavy atom. The molecule has 1 amide bonds. The van der Waals surface area contributed by atoms with Gasteiger partial charge in [0.15, 0.2) is 0 Å². The Bertz CT molecular complexity index is 450. The largest absolute Gasteiger partial charge is 0.348 e. The lowest BCUT2D eigenvalue weighted by Crippen LogP contribution is -2.57. The molecular weight excluding hydrogens is 224 g/mol. The molecule has 0 spiro atoms. The second-order valence-electron chi connectivity index (χ2n) is 5.53. The minimum absolute atomic E-state index is 0.0897. The second-order valence-corrected chi connectivity index (χ2v) is 5.53. The summed E-state index contributed by atoms with van der Waals surface area (Å²) in [7, 11) is 0. The van der Waals surface area contributed by atoms with E-state index in [2.05, 4.69) is 10.2 Å². The molecule has 1 N–H and O–H groups in total. The van der Waals surface area contributed by atoms with Crippen molar-refractivity contribution in [3.63, 3.8) is 0 Å². The Morgan fingerprint density at radius 2 is 2.00 bits per heavy atom. The predicted octanol–water partition coefficient (Wildman–Crippen LogP) is 1.82. The fourth-order valence-corrected chi connectivity index (χ4v) is 3.20. The highest BCUT2D eigenvalue weighted by Crippen LogP contribution is 2.27. The molecule has 18 heavy (non-hydrogen) atoms. The molecule has 3 saturated heterocycles. The first kappa shape index (κ1) is 11.7. The van der Waals surface area contributed by atoms with Crippen LogP contribution in [0.1, 0.15) is 28.8 Å². The highest BCUT2D eigenvalue weighted by Gasteiger charge is 2.34. The van der Waals surface area contributed by atoms with E-state index in [1.165, 1.54) is 25.9 Å². The molecule has 3 aliphatic rings. The first-order valence-corrected chi connectivity index (χ1v) is 6.83. The van der Waals surface area contributed by atoms with Crippen LogP contribution in [0.5, 0.6) is 0 Å². The minimum Gasteiger partial charge on any atom is -0.348 e. The minimum atomic E-state index is 0.0897. The topological polar surface area (TPSA) is 32.3 Å². The number of piperidine rings is 3. The van der Waals surface area contributed by atoms with Gasteiger partial charge in [-0.25, -0.2) is 0 Å². The lowest BCUT2D eigenvalue weighted by atomic mass is 9.84. The van der Waals surface area contributed by atoms with Crippen LogP contribution in [0.15, 0.2) is 24.3 Å². The van der Waals surface area contributed by atoms with Gasteiger partial charge in [0, 0.05) is 18.2 Å². The van der Waals surface area contributed by atoms with Crippen molar-refractivity contribution in [2.24, 2.45) is 5.92 Å². The van der Waals surface area contributed by atoms with Gasteiger partial charge in [0.1, 0.15) is 0 Å². The van der Waals surface area contributed by atoms with Gasteiger partial charge in [-0.3, -0.25) is 4.79 Å². The highest BCUT2D eigenvalue weighted by molar-refractivity contribution is 5.95. The number of nitrogens with zero attached hydrogens (tertiary/aromatic N) is 1. The van der Waals surface area contributed by atoms with E-state index in [1.54, 1.807) is 0 Å². The van der Waals surface area contributed by atoms with Crippen LogP contribution in [0.3, 0.4) is 0 Å². The van der Waals surface area contributed by atoms with Crippen LogP contribution in [0, 0.1) is 12.8 Å². The molecule has 3 heteroatoms. The lowest BCUT2D eigenvalue weighted by Gasteiger charge is -2.44. The van der Waals surface area contributed by atoms with Crippen molar-refractivity contribution in [1.29, 1.82) is 0 Å². The van der Waals surface area contributed by atoms with E-state index in [0.717, 1.165) is 17.7 Å². The standard InChI is InChI=1S/C15H20N2O/c1-11-4-2-3-5-13(11)15(18)16-14-10-17-8-6-12(14)7-9-17/h2-5,12,14H,6-10H2,1H3,(H,16,18). The number of hydrogen-bond donors (Lipinski definition) is 1. The van der Waals surface area contributed by atoms with Gasteiger partial charge >= 0.3 is 0 Å². The van der Waals surface area contributed by atoms with Gasteiger partial charge in [-0.05, 0) is 50.4 Å². The van der Waals surface area contributed by atoms with Gasteiger partial charge in [0.25, 0.3) is 5.91 Å². The monoisotopic (exact) mass is 244 g/mol. The first-order chi connectivity index (χ1) is 8.74. The summed E-state index contributed by atoms with van der Waals surface area (Å²) in [5.74, 6) is 0.773. The number of carbonyl (C=O) groups is 1. The summed E-state index contributed by atoms with van der Waals surface area (Å²) >= 11 is 0. The van der Waals surface area contributed by atoms with Gasteiger partial charge in [0.05, 0.1) is 0 Å². The molecule has 3 fully saturated rings. The van der Waals surface area contributed by atoms with E-state index in [0.29, 0.717) is 12.0 Å². The first-order valence-electron chi connectivity index (χ1n) is 6.83. The average Bonchev–Trinajstić information content (AvgIpc) is 2.40. The maximum atomic E-state index is 12.3. The summed E-state index contributed by atoms with van der Waals surface area (Å²) in [4.78, 5) is 14.7. The molecule has 1 unspecified atom stereocenters. The summed E-state index contributed by atoms with van der Waals surface area (Å²) in [6, 6.07) is 8.15. The molecule has 96 valence electrons. The summed E-state index contributed by atoms with van der Waals surface area (Å²) in [5.41, 5.74) is 1.87. The summed E-state index contributed by atoms with van der Waals surface area (Å²) < 4.78 is 0. The smallest absolute Gasteiger partial charge is 0.251 e. The van der Waals surface area contributed by atoms with Crippen LogP contribution in [-0.4, -0.2) is 36.5 Å². The quantitative estimate of drug-likeness (QED) is 0.860. The molecule has 3 nitrogen and oxygen atoms in total. The molecular formula is C15H20N2O. The SMILES string of the molecule is Cc1ccccc1C(=O)NC1CN2CCC1CC2. The van der Waals surface area contributed by atoms with E-state index >= 15 is 0 Å². The molecule has 0 saturated carbocycles. The third kappa shape index (κ3) is 2.15. The summed E-state index contributed by atoms with van der Waals surface area (Å²) in [6.45, 7) is 5.44. The van der Waals surface area contributed by atoms with Crippen molar-refractivity contribution in [2.75, 3.05) is 19.6 Å². The van der Waals surface area contributed by atoms with E-state index in [1.807, 2.05) is 31.2 Å².